The Kier molecular flexibility index (Phi) is 4.30. The highest BCUT2D eigenvalue weighted by Gasteiger charge is 2.51. The molecule has 3 amide bonds. The standard InChI is InChI=1S/C20H23N5O2/c1-14-17(15(2)24(23-14)16-9-5-3-6-10-16)13-21-25-18(26)20(22-19(25)27)11-7-4-8-12-20/h3,5-6,9-10,13H,4,7-8,11-12H2,1-2H3,(H,22,27)/b21-13-. The lowest BCUT2D eigenvalue weighted by molar-refractivity contribution is -0.132. The minimum Gasteiger partial charge on any atom is -0.321 e. The van der Waals surface area contributed by atoms with Crippen molar-refractivity contribution >= 4 is 18.2 Å². The zero-order valence-corrected chi connectivity index (χ0v) is 15.6. The number of imide groups is 1. The first-order chi connectivity index (χ1) is 13.0. The first kappa shape index (κ1) is 17.5. The molecule has 0 bridgehead atoms. The number of carbonyl (C=O) groups is 2. The molecule has 0 atom stereocenters. The number of carbonyl (C=O) groups excluding carboxylic acids is 2. The fourth-order valence-electron chi connectivity index (χ4n) is 3.98. The van der Waals surface area contributed by atoms with Gasteiger partial charge in [0.05, 0.1) is 23.3 Å². The Morgan fingerprint density at radius 2 is 1.81 bits per heavy atom. The molecule has 2 fully saturated rings. The fraction of sp³-hybridized carbons (Fsp3) is 0.400. The van der Waals surface area contributed by atoms with Crippen LogP contribution >= 0.6 is 0 Å². The largest absolute Gasteiger partial charge is 0.346 e. The lowest BCUT2D eigenvalue weighted by Gasteiger charge is -2.29. The van der Waals surface area contributed by atoms with E-state index in [1.54, 1.807) is 6.21 Å². The van der Waals surface area contributed by atoms with E-state index in [1.165, 1.54) is 0 Å². The minimum absolute atomic E-state index is 0.241. The van der Waals surface area contributed by atoms with Crippen molar-refractivity contribution < 1.29 is 9.59 Å². The zero-order valence-electron chi connectivity index (χ0n) is 15.6. The van der Waals surface area contributed by atoms with Gasteiger partial charge in [0, 0.05) is 5.56 Å². The highest BCUT2D eigenvalue weighted by atomic mass is 16.2. The van der Waals surface area contributed by atoms with E-state index in [1.807, 2.05) is 48.9 Å². The van der Waals surface area contributed by atoms with Crippen molar-refractivity contribution in [2.24, 2.45) is 5.10 Å². The van der Waals surface area contributed by atoms with Crippen LogP contribution in [-0.2, 0) is 4.79 Å². The Bertz CT molecular complexity index is 910. The third-order valence-electron chi connectivity index (χ3n) is 5.50. The molecule has 27 heavy (non-hydrogen) atoms. The third kappa shape index (κ3) is 2.93. The number of para-hydroxylation sites is 1. The summed E-state index contributed by atoms with van der Waals surface area (Å²) in [4.78, 5) is 25.2. The molecule has 1 aromatic heterocycles. The van der Waals surface area contributed by atoms with E-state index in [0.717, 1.165) is 46.9 Å². The number of rotatable bonds is 3. The molecular formula is C20H23N5O2. The maximum absolute atomic E-state index is 12.8. The van der Waals surface area contributed by atoms with E-state index < -0.39 is 11.6 Å². The number of hydrazone groups is 1. The van der Waals surface area contributed by atoms with Crippen molar-refractivity contribution in [1.82, 2.24) is 20.1 Å². The molecule has 0 unspecified atom stereocenters. The molecule has 4 rings (SSSR count). The fourth-order valence-corrected chi connectivity index (χ4v) is 3.98. The van der Waals surface area contributed by atoms with E-state index in [-0.39, 0.29) is 5.91 Å². The van der Waals surface area contributed by atoms with Gasteiger partial charge in [-0.05, 0) is 38.8 Å². The average molecular weight is 365 g/mol. The maximum atomic E-state index is 12.8. The number of amides is 3. The summed E-state index contributed by atoms with van der Waals surface area (Å²) in [5, 5.41) is 12.6. The second kappa shape index (κ2) is 6.64. The highest BCUT2D eigenvalue weighted by Crippen LogP contribution is 2.33. The Labute approximate surface area is 158 Å². The summed E-state index contributed by atoms with van der Waals surface area (Å²) in [5.74, 6) is -0.241. The molecule has 7 nitrogen and oxygen atoms in total. The van der Waals surface area contributed by atoms with Crippen molar-refractivity contribution in [3.8, 4) is 5.69 Å². The molecule has 1 saturated heterocycles. The Balaban J connectivity index is 1.61. The van der Waals surface area contributed by atoms with E-state index in [9.17, 15) is 9.59 Å². The summed E-state index contributed by atoms with van der Waals surface area (Å²) in [6, 6.07) is 9.38. The van der Waals surface area contributed by atoms with Gasteiger partial charge in [-0.1, -0.05) is 37.5 Å². The zero-order chi connectivity index (χ0) is 19.0. The highest BCUT2D eigenvalue weighted by molar-refractivity contribution is 6.07. The van der Waals surface area contributed by atoms with Crippen LogP contribution in [0.4, 0.5) is 4.79 Å². The molecule has 1 aliphatic heterocycles. The summed E-state index contributed by atoms with van der Waals surface area (Å²) in [5.41, 5.74) is 2.70. The molecule has 2 heterocycles. The summed E-state index contributed by atoms with van der Waals surface area (Å²) >= 11 is 0. The molecule has 0 radical (unpaired) electrons. The maximum Gasteiger partial charge on any atom is 0.346 e. The monoisotopic (exact) mass is 365 g/mol. The second-order valence-corrected chi connectivity index (χ2v) is 7.27. The van der Waals surface area contributed by atoms with E-state index in [0.29, 0.717) is 12.8 Å². The number of hydrogen-bond donors (Lipinski definition) is 1. The third-order valence-corrected chi connectivity index (χ3v) is 5.50. The number of nitrogens with zero attached hydrogens (tertiary/aromatic N) is 4. The summed E-state index contributed by atoms with van der Waals surface area (Å²) in [6.07, 6.45) is 5.94. The predicted octanol–water partition coefficient (Wildman–Crippen LogP) is 3.08. The molecule has 2 aliphatic rings. The van der Waals surface area contributed by atoms with Crippen LogP contribution in [0.1, 0.15) is 49.1 Å². The quantitative estimate of drug-likeness (QED) is 0.670. The van der Waals surface area contributed by atoms with Crippen molar-refractivity contribution in [3.63, 3.8) is 0 Å². The van der Waals surface area contributed by atoms with Gasteiger partial charge in [0.15, 0.2) is 0 Å². The SMILES string of the molecule is Cc1nn(-c2ccccc2)c(C)c1/C=N\N1C(=O)NC2(CCCCC2)C1=O. The van der Waals surface area contributed by atoms with Crippen LogP contribution < -0.4 is 5.32 Å². The molecule has 2 aromatic rings. The first-order valence-electron chi connectivity index (χ1n) is 9.34. The van der Waals surface area contributed by atoms with Crippen LogP contribution in [0.3, 0.4) is 0 Å². The van der Waals surface area contributed by atoms with Gasteiger partial charge in [0.25, 0.3) is 5.91 Å². The number of aryl methyl sites for hydroxylation is 1. The van der Waals surface area contributed by atoms with Crippen LogP contribution in [0.25, 0.3) is 5.69 Å². The lowest BCUT2D eigenvalue weighted by atomic mass is 9.82. The first-order valence-corrected chi connectivity index (χ1v) is 9.34. The Morgan fingerprint density at radius 3 is 2.52 bits per heavy atom. The summed E-state index contributed by atoms with van der Waals surface area (Å²) in [7, 11) is 0. The molecular weight excluding hydrogens is 342 g/mol. The number of aromatic nitrogens is 2. The minimum atomic E-state index is -0.759. The van der Waals surface area contributed by atoms with Gasteiger partial charge in [-0.25, -0.2) is 9.48 Å². The second-order valence-electron chi connectivity index (χ2n) is 7.27. The average Bonchev–Trinajstić information content (AvgIpc) is 3.08. The topological polar surface area (TPSA) is 79.6 Å². The van der Waals surface area contributed by atoms with E-state index >= 15 is 0 Å². The van der Waals surface area contributed by atoms with Gasteiger partial charge in [0.2, 0.25) is 0 Å². The summed E-state index contributed by atoms with van der Waals surface area (Å²) in [6.45, 7) is 3.84. The van der Waals surface area contributed by atoms with Gasteiger partial charge >= 0.3 is 6.03 Å². The lowest BCUT2D eigenvalue weighted by Crippen LogP contribution is -2.48. The van der Waals surface area contributed by atoms with Gasteiger partial charge in [-0.15, -0.1) is 5.01 Å². The number of benzene rings is 1. The van der Waals surface area contributed by atoms with Crippen LogP contribution in [0, 0.1) is 13.8 Å². The van der Waals surface area contributed by atoms with Gasteiger partial charge in [-0.2, -0.15) is 10.2 Å². The van der Waals surface area contributed by atoms with Gasteiger partial charge in [0.1, 0.15) is 5.54 Å². The number of urea groups is 1. The molecule has 7 heteroatoms. The van der Waals surface area contributed by atoms with Crippen LogP contribution in [0.15, 0.2) is 35.4 Å². The van der Waals surface area contributed by atoms with Crippen molar-refractivity contribution in [2.75, 3.05) is 0 Å². The van der Waals surface area contributed by atoms with E-state index in [2.05, 4.69) is 15.5 Å². The van der Waals surface area contributed by atoms with E-state index in [4.69, 9.17) is 0 Å². The number of hydrogen-bond acceptors (Lipinski definition) is 4. The van der Waals surface area contributed by atoms with Crippen LogP contribution in [-0.4, -0.2) is 38.5 Å². The molecule has 140 valence electrons. The number of nitrogens with one attached hydrogen (secondary N) is 1. The molecule has 1 aromatic carbocycles. The summed E-state index contributed by atoms with van der Waals surface area (Å²) < 4.78 is 1.84. The van der Waals surface area contributed by atoms with Crippen LogP contribution in [0.5, 0.6) is 0 Å². The molecule has 1 saturated carbocycles. The van der Waals surface area contributed by atoms with Crippen molar-refractivity contribution in [2.45, 2.75) is 51.5 Å². The van der Waals surface area contributed by atoms with Crippen molar-refractivity contribution in [3.05, 3.63) is 47.3 Å². The van der Waals surface area contributed by atoms with Gasteiger partial charge < -0.3 is 5.32 Å². The predicted molar refractivity (Wildman–Crippen MR) is 102 cm³/mol. The molecule has 1 spiro atoms. The Hall–Kier alpha value is -2.96. The van der Waals surface area contributed by atoms with Gasteiger partial charge in [-0.3, -0.25) is 4.79 Å². The van der Waals surface area contributed by atoms with Crippen molar-refractivity contribution in [1.29, 1.82) is 0 Å². The Morgan fingerprint density at radius 1 is 1.11 bits per heavy atom. The molecule has 1 aliphatic carbocycles. The normalized spacial score (nSPS) is 19.3. The molecule has 1 N–H and O–H groups in total. The smallest absolute Gasteiger partial charge is 0.321 e. The van der Waals surface area contributed by atoms with Crippen LogP contribution in [0.2, 0.25) is 0 Å².